The van der Waals surface area contributed by atoms with Crippen molar-refractivity contribution in [3.8, 4) is 11.1 Å². The van der Waals surface area contributed by atoms with E-state index >= 15 is 0 Å². The maximum atomic E-state index is 14.0. The van der Waals surface area contributed by atoms with Crippen LogP contribution < -0.4 is 0 Å². The van der Waals surface area contributed by atoms with Crippen LogP contribution >= 0.6 is 0 Å². The second-order valence-electron chi connectivity index (χ2n) is 8.74. The third kappa shape index (κ3) is 2.73. The smallest absolute Gasteiger partial charge is 0.177 e. The summed E-state index contributed by atoms with van der Waals surface area (Å²) in [6.45, 7) is 10.9. The van der Waals surface area contributed by atoms with Crippen molar-refractivity contribution in [3.05, 3.63) is 94.5 Å². The average molecular weight is 369 g/mol. The van der Waals surface area contributed by atoms with Gasteiger partial charge >= 0.3 is 0 Å². The molecule has 1 aliphatic carbocycles. The summed E-state index contributed by atoms with van der Waals surface area (Å²) in [5.41, 5.74) is 7.22. The number of carbonyl (C=O) groups excluding carboxylic acids is 1. The highest BCUT2D eigenvalue weighted by molar-refractivity contribution is 6.10. The number of fused-ring (bicyclic) bond motifs is 3. The van der Waals surface area contributed by atoms with Gasteiger partial charge in [-0.3, -0.25) is 4.79 Å². The van der Waals surface area contributed by atoms with Crippen LogP contribution in [0.1, 0.15) is 79.1 Å². The number of carbonyl (C=O) groups is 1. The van der Waals surface area contributed by atoms with Gasteiger partial charge < -0.3 is 0 Å². The minimum absolute atomic E-state index is 0.189. The molecule has 0 spiro atoms. The standard InChI is InChI=1S/C27H28O/c1-17(2)19-14-20(18(3)4)16-21(15-19)26(28)27(5)24-12-8-6-10-22(24)23-11-7-9-13-25(23)27/h6-18H,1-5H3. The molecule has 0 atom stereocenters. The first kappa shape index (κ1) is 18.7. The Kier molecular flexibility index (Phi) is 4.50. The van der Waals surface area contributed by atoms with Crippen LogP contribution in [-0.2, 0) is 5.41 Å². The van der Waals surface area contributed by atoms with E-state index in [-0.39, 0.29) is 5.78 Å². The van der Waals surface area contributed by atoms with E-state index in [1.54, 1.807) is 0 Å². The zero-order chi connectivity index (χ0) is 20.1. The molecule has 0 radical (unpaired) electrons. The van der Waals surface area contributed by atoms with Gasteiger partial charge in [-0.05, 0) is 64.3 Å². The van der Waals surface area contributed by atoms with Crippen LogP contribution in [0.3, 0.4) is 0 Å². The van der Waals surface area contributed by atoms with Crippen LogP contribution in [0.25, 0.3) is 11.1 Å². The number of hydrogen-bond donors (Lipinski definition) is 0. The SMILES string of the molecule is CC(C)c1cc(C(=O)C2(C)c3ccccc3-c3ccccc32)cc(C(C)C)c1. The molecule has 142 valence electrons. The van der Waals surface area contributed by atoms with E-state index in [9.17, 15) is 4.79 Å². The Labute approximate surface area is 168 Å². The van der Waals surface area contributed by atoms with Gasteiger partial charge in [0.25, 0.3) is 0 Å². The molecule has 0 aliphatic heterocycles. The van der Waals surface area contributed by atoms with Crippen LogP contribution in [0, 0.1) is 0 Å². The fourth-order valence-corrected chi connectivity index (χ4v) is 4.46. The van der Waals surface area contributed by atoms with Crippen LogP contribution in [0.15, 0.2) is 66.7 Å². The van der Waals surface area contributed by atoms with Gasteiger partial charge in [-0.1, -0.05) is 82.3 Å². The maximum absolute atomic E-state index is 14.0. The average Bonchev–Trinajstić information content (AvgIpc) is 2.97. The number of Topliss-reactive ketones (excluding diaryl/α,β-unsaturated/α-hetero) is 1. The van der Waals surface area contributed by atoms with Gasteiger partial charge in [-0.25, -0.2) is 0 Å². The predicted octanol–water partition coefficient (Wildman–Crippen LogP) is 7.10. The van der Waals surface area contributed by atoms with E-state index in [4.69, 9.17) is 0 Å². The van der Waals surface area contributed by atoms with Crippen molar-refractivity contribution in [2.24, 2.45) is 0 Å². The number of hydrogen-bond acceptors (Lipinski definition) is 1. The molecule has 0 amide bonds. The molecule has 0 heterocycles. The molecule has 28 heavy (non-hydrogen) atoms. The van der Waals surface area contributed by atoms with Gasteiger partial charge in [-0.15, -0.1) is 0 Å². The summed E-state index contributed by atoms with van der Waals surface area (Å²) in [7, 11) is 0. The summed E-state index contributed by atoms with van der Waals surface area (Å²) < 4.78 is 0. The lowest BCUT2D eigenvalue weighted by Crippen LogP contribution is -2.32. The molecule has 0 saturated heterocycles. The molecule has 1 nitrogen and oxygen atoms in total. The van der Waals surface area contributed by atoms with Crippen molar-refractivity contribution < 1.29 is 4.79 Å². The van der Waals surface area contributed by atoms with E-state index in [0.29, 0.717) is 11.8 Å². The van der Waals surface area contributed by atoms with Gasteiger partial charge in [0, 0.05) is 5.56 Å². The Morgan fingerprint density at radius 2 is 1.14 bits per heavy atom. The largest absolute Gasteiger partial charge is 0.293 e. The van der Waals surface area contributed by atoms with Crippen LogP contribution in [0.2, 0.25) is 0 Å². The molecule has 3 aromatic rings. The summed E-state index contributed by atoms with van der Waals surface area (Å²) in [6.07, 6.45) is 0. The Balaban J connectivity index is 1.93. The molecule has 0 fully saturated rings. The van der Waals surface area contributed by atoms with Crippen LogP contribution in [0.5, 0.6) is 0 Å². The van der Waals surface area contributed by atoms with Gasteiger partial charge in [-0.2, -0.15) is 0 Å². The van der Waals surface area contributed by atoms with Gasteiger partial charge in [0.1, 0.15) is 0 Å². The summed E-state index contributed by atoms with van der Waals surface area (Å²) in [6, 6.07) is 23.2. The van der Waals surface area contributed by atoms with Gasteiger partial charge in [0.15, 0.2) is 5.78 Å². The van der Waals surface area contributed by atoms with Crippen molar-refractivity contribution in [3.63, 3.8) is 0 Å². The third-order valence-corrected chi connectivity index (χ3v) is 6.25. The molecule has 0 bridgehead atoms. The molecule has 3 aromatic carbocycles. The van der Waals surface area contributed by atoms with Gasteiger partial charge in [0.2, 0.25) is 0 Å². The molecule has 0 aromatic heterocycles. The molecule has 0 saturated carbocycles. The number of ketones is 1. The van der Waals surface area contributed by atoms with Crippen molar-refractivity contribution in [2.75, 3.05) is 0 Å². The first-order chi connectivity index (χ1) is 13.3. The topological polar surface area (TPSA) is 17.1 Å². The Bertz CT molecular complexity index is 984. The lowest BCUT2D eigenvalue weighted by molar-refractivity contribution is 0.0925. The second-order valence-corrected chi connectivity index (χ2v) is 8.74. The fraction of sp³-hybridized carbons (Fsp3) is 0.296. The van der Waals surface area contributed by atoms with E-state index in [1.807, 2.05) is 12.1 Å². The predicted molar refractivity (Wildman–Crippen MR) is 117 cm³/mol. The van der Waals surface area contributed by atoms with E-state index in [2.05, 4.69) is 89.2 Å². The first-order valence-corrected chi connectivity index (χ1v) is 10.2. The summed E-state index contributed by atoms with van der Waals surface area (Å²) in [5.74, 6) is 0.969. The third-order valence-electron chi connectivity index (χ3n) is 6.25. The molecule has 0 unspecified atom stereocenters. The maximum Gasteiger partial charge on any atom is 0.177 e. The normalized spacial score (nSPS) is 14.2. The van der Waals surface area contributed by atoms with E-state index < -0.39 is 5.41 Å². The number of benzene rings is 3. The monoisotopic (exact) mass is 368 g/mol. The quantitative estimate of drug-likeness (QED) is 0.449. The summed E-state index contributed by atoms with van der Waals surface area (Å²) >= 11 is 0. The Morgan fingerprint density at radius 1 is 0.714 bits per heavy atom. The van der Waals surface area contributed by atoms with E-state index in [0.717, 1.165) is 16.7 Å². The summed E-state index contributed by atoms with van der Waals surface area (Å²) in [4.78, 5) is 14.0. The van der Waals surface area contributed by atoms with Crippen molar-refractivity contribution >= 4 is 5.78 Å². The highest BCUT2D eigenvalue weighted by Crippen LogP contribution is 2.50. The zero-order valence-corrected chi connectivity index (χ0v) is 17.4. The van der Waals surface area contributed by atoms with Crippen molar-refractivity contribution in [1.29, 1.82) is 0 Å². The minimum Gasteiger partial charge on any atom is -0.293 e. The Hall–Kier alpha value is -2.67. The van der Waals surface area contributed by atoms with Crippen LogP contribution in [0.4, 0.5) is 0 Å². The van der Waals surface area contributed by atoms with Crippen molar-refractivity contribution in [1.82, 2.24) is 0 Å². The fourth-order valence-electron chi connectivity index (χ4n) is 4.46. The summed E-state index contributed by atoms with van der Waals surface area (Å²) in [5, 5.41) is 0. The molecular weight excluding hydrogens is 340 g/mol. The molecule has 0 N–H and O–H groups in total. The highest BCUT2D eigenvalue weighted by Gasteiger charge is 2.45. The molecule has 1 aliphatic rings. The lowest BCUT2D eigenvalue weighted by atomic mass is 9.73. The Morgan fingerprint density at radius 3 is 1.57 bits per heavy atom. The van der Waals surface area contributed by atoms with Crippen molar-refractivity contribution in [2.45, 2.75) is 51.9 Å². The molecule has 1 heteroatoms. The highest BCUT2D eigenvalue weighted by atomic mass is 16.1. The second kappa shape index (κ2) is 6.74. The minimum atomic E-state index is -0.656. The number of rotatable bonds is 4. The van der Waals surface area contributed by atoms with E-state index in [1.165, 1.54) is 22.3 Å². The lowest BCUT2D eigenvalue weighted by Gasteiger charge is -2.27. The molecule has 4 rings (SSSR count). The first-order valence-electron chi connectivity index (χ1n) is 10.2. The molecular formula is C27H28O. The van der Waals surface area contributed by atoms with Gasteiger partial charge in [0.05, 0.1) is 5.41 Å². The van der Waals surface area contributed by atoms with Crippen LogP contribution in [-0.4, -0.2) is 5.78 Å². The zero-order valence-electron chi connectivity index (χ0n) is 17.4.